The summed E-state index contributed by atoms with van der Waals surface area (Å²) in [6.07, 6.45) is 5.58. The van der Waals surface area contributed by atoms with Crippen LogP contribution in [0.15, 0.2) is 23.1 Å². The smallest absolute Gasteiger partial charge is 0.241 e. The van der Waals surface area contributed by atoms with Gasteiger partial charge in [-0.2, -0.15) is 0 Å². The van der Waals surface area contributed by atoms with E-state index in [4.69, 9.17) is 21.5 Å². The van der Waals surface area contributed by atoms with Gasteiger partial charge in [0.2, 0.25) is 15.9 Å². The molecular weight excluding hydrogens is 376 g/mol. The van der Waals surface area contributed by atoms with E-state index >= 15 is 0 Å². The van der Waals surface area contributed by atoms with Crippen molar-refractivity contribution < 1.29 is 17.9 Å². The van der Waals surface area contributed by atoms with Crippen molar-refractivity contribution in [1.82, 2.24) is 0 Å². The summed E-state index contributed by atoms with van der Waals surface area (Å²) in [5.74, 6) is 1.10. The van der Waals surface area contributed by atoms with Crippen LogP contribution in [0.3, 0.4) is 0 Å². The average Bonchev–Trinajstić information content (AvgIpc) is 2.51. The van der Waals surface area contributed by atoms with Crippen LogP contribution in [0.25, 0.3) is 0 Å². The fraction of sp³-hybridized carbons (Fsp3) is 0.611. The molecule has 26 heavy (non-hydrogen) atoms. The number of nitrogens with two attached hydrogens (primary N) is 1. The van der Waals surface area contributed by atoms with Crippen LogP contribution in [0.4, 0.5) is 5.69 Å². The Hall–Kier alpha value is -1.31. The maximum atomic E-state index is 13.1. The summed E-state index contributed by atoms with van der Waals surface area (Å²) in [4.78, 5) is 12.7. The molecular formula is C18H23ClN2O4S. The van der Waals surface area contributed by atoms with Gasteiger partial charge in [0.25, 0.3) is 0 Å². The Morgan fingerprint density at radius 3 is 2.46 bits per heavy atom. The highest BCUT2D eigenvalue weighted by Gasteiger charge is 2.60. The van der Waals surface area contributed by atoms with Crippen molar-refractivity contribution in [2.75, 3.05) is 12.4 Å². The van der Waals surface area contributed by atoms with Crippen LogP contribution in [-0.2, 0) is 14.8 Å². The first-order valence-corrected chi connectivity index (χ1v) is 10.8. The summed E-state index contributed by atoms with van der Waals surface area (Å²) in [5.41, 5.74) is -0.0488. The first-order chi connectivity index (χ1) is 12.1. The molecule has 0 aromatic heterocycles. The molecule has 4 aliphatic carbocycles. The highest BCUT2D eigenvalue weighted by atomic mass is 35.5. The van der Waals surface area contributed by atoms with Crippen LogP contribution in [0, 0.1) is 17.3 Å². The monoisotopic (exact) mass is 398 g/mol. The van der Waals surface area contributed by atoms with E-state index in [1.807, 2.05) is 0 Å². The Bertz CT molecular complexity index is 856. The van der Waals surface area contributed by atoms with Crippen LogP contribution >= 0.6 is 11.6 Å². The number of amides is 1. The number of sulfonamides is 1. The lowest BCUT2D eigenvalue weighted by Crippen LogP contribution is -2.57. The summed E-state index contributed by atoms with van der Waals surface area (Å²) in [7, 11) is -2.58. The van der Waals surface area contributed by atoms with Crippen LogP contribution in [0.1, 0.15) is 38.5 Å². The van der Waals surface area contributed by atoms with Crippen molar-refractivity contribution in [3.63, 3.8) is 0 Å². The van der Waals surface area contributed by atoms with E-state index < -0.39 is 15.4 Å². The van der Waals surface area contributed by atoms with E-state index in [2.05, 4.69) is 5.32 Å². The molecule has 4 fully saturated rings. The van der Waals surface area contributed by atoms with Crippen molar-refractivity contribution in [3.8, 4) is 5.75 Å². The lowest BCUT2D eigenvalue weighted by Gasteiger charge is -2.59. The van der Waals surface area contributed by atoms with Gasteiger partial charge in [-0.25, -0.2) is 13.6 Å². The maximum absolute atomic E-state index is 13.1. The third-order valence-corrected chi connectivity index (χ3v) is 7.57. The second-order valence-electron chi connectivity index (χ2n) is 8.26. The number of carbonyl (C=O) groups is 1. The Balaban J connectivity index is 1.61. The number of nitrogens with one attached hydrogen (secondary N) is 1. The highest BCUT2D eigenvalue weighted by molar-refractivity contribution is 7.89. The van der Waals surface area contributed by atoms with E-state index in [1.54, 1.807) is 6.07 Å². The minimum atomic E-state index is -3.96. The van der Waals surface area contributed by atoms with Crippen molar-refractivity contribution in [2.45, 2.75) is 48.3 Å². The van der Waals surface area contributed by atoms with E-state index in [9.17, 15) is 13.2 Å². The number of halogens is 1. The summed E-state index contributed by atoms with van der Waals surface area (Å²) < 4.78 is 28.6. The number of ether oxygens (including phenoxy) is 1. The van der Waals surface area contributed by atoms with Gasteiger partial charge in [-0.15, -0.1) is 11.6 Å². The van der Waals surface area contributed by atoms with Gasteiger partial charge in [-0.3, -0.25) is 4.79 Å². The summed E-state index contributed by atoms with van der Waals surface area (Å²) in [6.45, 7) is 0. The van der Waals surface area contributed by atoms with Gasteiger partial charge in [0.15, 0.2) is 0 Å². The SMILES string of the molecule is COc1ccc(NC(=O)C23C[C@@H]4C[C@@H](CC(Cl)(C4)C2)C3)cc1S(N)(=O)=O. The van der Waals surface area contributed by atoms with Gasteiger partial charge in [0.05, 0.1) is 12.5 Å². The fourth-order valence-corrected chi connectivity index (χ4v) is 7.07. The van der Waals surface area contributed by atoms with E-state index in [-0.39, 0.29) is 21.4 Å². The fourth-order valence-electron chi connectivity index (χ4n) is 5.66. The number of alkyl halides is 1. The third kappa shape index (κ3) is 3.00. The number of carbonyl (C=O) groups excluding carboxylic acids is 1. The Morgan fingerprint density at radius 2 is 1.92 bits per heavy atom. The maximum Gasteiger partial charge on any atom is 0.241 e. The average molecular weight is 399 g/mol. The molecule has 4 saturated carbocycles. The third-order valence-electron chi connectivity index (χ3n) is 6.20. The number of primary sulfonamides is 1. The second kappa shape index (κ2) is 5.84. The van der Waals surface area contributed by atoms with Gasteiger partial charge < -0.3 is 10.1 Å². The standard InChI is InChI=1S/C18H23ClN2O4S/c1-25-14-3-2-13(5-15(14)26(20,23)24)21-16(22)17-6-11-4-12(7-17)9-18(19,8-11)10-17/h2-3,5,11-12H,4,6-10H2,1H3,(H,21,22)(H2,20,23,24)/t11-,12+,17?,18?. The van der Waals surface area contributed by atoms with Crippen LogP contribution in [0.2, 0.25) is 0 Å². The lowest BCUT2D eigenvalue weighted by molar-refractivity contribution is -0.138. The van der Waals surface area contributed by atoms with Crippen molar-refractivity contribution in [2.24, 2.45) is 22.4 Å². The number of hydrogen-bond acceptors (Lipinski definition) is 4. The second-order valence-corrected chi connectivity index (χ2v) is 10.6. The van der Waals surface area contributed by atoms with E-state index in [1.165, 1.54) is 25.7 Å². The van der Waals surface area contributed by atoms with Gasteiger partial charge in [0.1, 0.15) is 10.6 Å². The first-order valence-electron chi connectivity index (χ1n) is 8.84. The highest BCUT2D eigenvalue weighted by Crippen LogP contribution is 2.64. The molecule has 1 aromatic carbocycles. The predicted molar refractivity (Wildman–Crippen MR) is 98.7 cm³/mol. The molecule has 4 aliphatic rings. The molecule has 0 saturated heterocycles. The molecule has 1 aromatic rings. The number of methoxy groups -OCH3 is 1. The van der Waals surface area contributed by atoms with Gasteiger partial charge in [-0.1, -0.05) is 0 Å². The summed E-state index contributed by atoms with van der Waals surface area (Å²) >= 11 is 6.80. The molecule has 8 heteroatoms. The van der Waals surface area contributed by atoms with Crippen LogP contribution in [-0.4, -0.2) is 26.3 Å². The first kappa shape index (κ1) is 18.1. The van der Waals surface area contributed by atoms with E-state index in [0.717, 1.165) is 25.7 Å². The quantitative estimate of drug-likeness (QED) is 0.762. The van der Waals surface area contributed by atoms with Crippen molar-refractivity contribution in [1.29, 1.82) is 0 Å². The van der Waals surface area contributed by atoms with Crippen molar-refractivity contribution >= 4 is 33.2 Å². The predicted octanol–water partition coefficient (Wildman–Crippen LogP) is 2.86. The molecule has 142 valence electrons. The van der Waals surface area contributed by atoms with Gasteiger partial charge in [-0.05, 0) is 68.6 Å². The summed E-state index contributed by atoms with van der Waals surface area (Å²) in [6, 6.07) is 4.48. The zero-order valence-electron chi connectivity index (χ0n) is 14.6. The molecule has 6 nitrogen and oxygen atoms in total. The minimum absolute atomic E-state index is 0.0674. The minimum Gasteiger partial charge on any atom is -0.495 e. The molecule has 2 unspecified atom stereocenters. The molecule has 1 amide bonds. The normalized spacial score (nSPS) is 35.3. The van der Waals surface area contributed by atoms with Crippen LogP contribution < -0.4 is 15.2 Å². The molecule has 4 bridgehead atoms. The molecule has 5 rings (SSSR count). The molecule has 4 atom stereocenters. The molecule has 0 heterocycles. The van der Waals surface area contributed by atoms with Crippen molar-refractivity contribution in [3.05, 3.63) is 18.2 Å². The number of benzene rings is 1. The molecule has 3 N–H and O–H groups in total. The Labute approximate surface area is 158 Å². The topological polar surface area (TPSA) is 98.5 Å². The lowest BCUT2D eigenvalue weighted by atomic mass is 9.49. The number of hydrogen-bond donors (Lipinski definition) is 2. The van der Waals surface area contributed by atoms with Gasteiger partial charge in [0, 0.05) is 10.6 Å². The van der Waals surface area contributed by atoms with E-state index in [0.29, 0.717) is 23.9 Å². The molecule has 0 radical (unpaired) electrons. The number of anilines is 1. The molecule has 0 aliphatic heterocycles. The van der Waals surface area contributed by atoms with Gasteiger partial charge >= 0.3 is 0 Å². The summed E-state index contributed by atoms with van der Waals surface area (Å²) in [5, 5.41) is 8.17. The number of rotatable bonds is 4. The van der Waals surface area contributed by atoms with Crippen LogP contribution in [0.5, 0.6) is 5.75 Å². The zero-order chi connectivity index (χ0) is 18.7. The largest absolute Gasteiger partial charge is 0.495 e. The Kier molecular flexibility index (Phi) is 4.06. The molecule has 0 spiro atoms. The zero-order valence-corrected chi connectivity index (χ0v) is 16.2. The Morgan fingerprint density at radius 1 is 1.27 bits per heavy atom.